The number of hydrogen-bond donors (Lipinski definition) is 5. The standard InChI is InChI=1S/C34H56N4O7S/c1-32(2,3)37-29(40)26-19-23-16-12-13-17-24(23)20-38(26)21-27(39)25(18-22-14-10-9-11-15-22)35-30(41)28(34(6,7)46(8,44)45)36-31(42)33(4,5)43/h9-11,14-15,23-28,39,43H,12-13,16-21H2,1-8H3,(H,35,41)(H,36,42)(H,37,40). The van der Waals surface area contributed by atoms with Gasteiger partial charge in [-0.3, -0.25) is 19.3 Å². The van der Waals surface area contributed by atoms with Gasteiger partial charge in [-0.1, -0.05) is 49.6 Å². The Morgan fingerprint density at radius 2 is 1.54 bits per heavy atom. The van der Waals surface area contributed by atoms with Crippen LogP contribution in [-0.4, -0.2) is 101 Å². The van der Waals surface area contributed by atoms with Crippen molar-refractivity contribution < 1.29 is 33.0 Å². The lowest BCUT2D eigenvalue weighted by Crippen LogP contribution is -2.65. The lowest BCUT2D eigenvalue weighted by Gasteiger charge is -2.47. The van der Waals surface area contributed by atoms with Gasteiger partial charge in [0.15, 0.2) is 9.84 Å². The highest BCUT2D eigenvalue weighted by molar-refractivity contribution is 7.92. The van der Waals surface area contributed by atoms with Crippen molar-refractivity contribution >= 4 is 27.6 Å². The molecule has 0 aromatic heterocycles. The van der Waals surface area contributed by atoms with Crippen molar-refractivity contribution in [2.45, 2.75) is 127 Å². The first kappa shape index (κ1) is 37.9. The summed E-state index contributed by atoms with van der Waals surface area (Å²) in [5, 5.41) is 30.5. The van der Waals surface area contributed by atoms with Gasteiger partial charge in [0, 0.05) is 24.9 Å². The summed E-state index contributed by atoms with van der Waals surface area (Å²) in [7, 11) is -3.89. The number of aliphatic hydroxyl groups is 2. The molecule has 1 aliphatic heterocycles. The van der Waals surface area contributed by atoms with Crippen LogP contribution in [-0.2, 0) is 30.6 Å². The van der Waals surface area contributed by atoms with Gasteiger partial charge >= 0.3 is 0 Å². The van der Waals surface area contributed by atoms with Gasteiger partial charge in [-0.05, 0) is 85.1 Å². The summed E-state index contributed by atoms with van der Waals surface area (Å²) in [5.74, 6) is -0.944. The molecule has 0 bridgehead atoms. The topological polar surface area (TPSA) is 165 Å². The van der Waals surface area contributed by atoms with Crippen molar-refractivity contribution in [2.24, 2.45) is 11.8 Å². The molecule has 6 atom stereocenters. The number of benzene rings is 1. The number of carbonyl (C=O) groups excluding carboxylic acids is 3. The molecule has 1 aromatic carbocycles. The van der Waals surface area contributed by atoms with E-state index in [0.717, 1.165) is 37.5 Å². The number of rotatable bonds is 12. The van der Waals surface area contributed by atoms with Gasteiger partial charge in [0.2, 0.25) is 11.8 Å². The molecule has 1 aromatic rings. The van der Waals surface area contributed by atoms with Crippen LogP contribution in [0.15, 0.2) is 30.3 Å². The van der Waals surface area contributed by atoms with Gasteiger partial charge in [-0.25, -0.2) is 8.42 Å². The predicted molar refractivity (Wildman–Crippen MR) is 179 cm³/mol. The van der Waals surface area contributed by atoms with E-state index in [4.69, 9.17) is 0 Å². The molecule has 1 saturated carbocycles. The fourth-order valence-corrected chi connectivity index (χ4v) is 7.08. The molecule has 5 N–H and O–H groups in total. The molecule has 6 unspecified atom stereocenters. The zero-order valence-corrected chi connectivity index (χ0v) is 29.6. The normalized spacial score (nSPS) is 23.4. The number of likely N-dealkylation sites (tertiary alicyclic amines) is 1. The number of aliphatic hydroxyl groups excluding tert-OH is 1. The minimum atomic E-state index is -3.89. The Kier molecular flexibility index (Phi) is 12.1. The van der Waals surface area contributed by atoms with E-state index >= 15 is 0 Å². The largest absolute Gasteiger partial charge is 0.390 e. The Bertz CT molecular complexity index is 1320. The smallest absolute Gasteiger partial charge is 0.252 e. The van der Waals surface area contributed by atoms with Gasteiger partial charge in [0.25, 0.3) is 5.91 Å². The number of hydrogen-bond acceptors (Lipinski definition) is 8. The van der Waals surface area contributed by atoms with Crippen LogP contribution in [0.3, 0.4) is 0 Å². The quantitative estimate of drug-likeness (QED) is 0.226. The zero-order valence-electron chi connectivity index (χ0n) is 28.8. The highest BCUT2D eigenvalue weighted by Gasteiger charge is 2.47. The van der Waals surface area contributed by atoms with Crippen molar-refractivity contribution in [3.8, 4) is 0 Å². The van der Waals surface area contributed by atoms with Crippen LogP contribution in [0.5, 0.6) is 0 Å². The van der Waals surface area contributed by atoms with Crippen molar-refractivity contribution in [3.63, 3.8) is 0 Å². The minimum absolute atomic E-state index is 0.0864. The zero-order chi connectivity index (χ0) is 34.7. The summed E-state index contributed by atoms with van der Waals surface area (Å²) in [6.45, 7) is 11.7. The maximum Gasteiger partial charge on any atom is 0.252 e. The van der Waals surface area contributed by atoms with Crippen molar-refractivity contribution in [3.05, 3.63) is 35.9 Å². The SMILES string of the molecule is CC(C)(C)NC(=O)C1CC2CCCCC2CN1CC(O)C(Cc1ccccc1)NC(=O)C(NC(=O)C(C)(C)O)C(C)(C)S(C)(=O)=O. The van der Waals surface area contributed by atoms with Gasteiger partial charge in [-0.2, -0.15) is 0 Å². The Balaban J connectivity index is 1.94. The van der Waals surface area contributed by atoms with Crippen LogP contribution >= 0.6 is 0 Å². The summed E-state index contributed by atoms with van der Waals surface area (Å²) >= 11 is 0. The minimum Gasteiger partial charge on any atom is -0.390 e. The first-order valence-corrected chi connectivity index (χ1v) is 18.3. The van der Waals surface area contributed by atoms with Gasteiger partial charge in [-0.15, -0.1) is 0 Å². The number of β-amino-alcohol motifs (C(OH)–C–C–N with tert-alkyl or cyclic N) is 1. The second kappa shape index (κ2) is 14.7. The molecule has 3 rings (SSSR count). The first-order chi connectivity index (χ1) is 21.1. The van der Waals surface area contributed by atoms with E-state index in [1.165, 1.54) is 27.7 Å². The van der Waals surface area contributed by atoms with Crippen molar-refractivity contribution in [1.29, 1.82) is 0 Å². The maximum atomic E-state index is 14.0. The predicted octanol–water partition coefficient (Wildman–Crippen LogP) is 1.95. The average molecular weight is 665 g/mol. The average Bonchev–Trinajstić information content (AvgIpc) is 2.93. The highest BCUT2D eigenvalue weighted by Crippen LogP contribution is 2.39. The Morgan fingerprint density at radius 1 is 0.957 bits per heavy atom. The number of piperidine rings is 1. The summed E-state index contributed by atoms with van der Waals surface area (Å²) in [6.07, 6.45) is 5.20. The van der Waals surface area contributed by atoms with E-state index in [-0.39, 0.29) is 18.9 Å². The van der Waals surface area contributed by atoms with Crippen LogP contribution in [0.4, 0.5) is 0 Å². The maximum absolute atomic E-state index is 14.0. The number of amides is 3. The molecule has 0 spiro atoms. The Morgan fingerprint density at radius 3 is 2.09 bits per heavy atom. The fraction of sp³-hybridized carbons (Fsp3) is 0.735. The van der Waals surface area contributed by atoms with Gasteiger partial charge < -0.3 is 26.2 Å². The van der Waals surface area contributed by atoms with Crippen LogP contribution in [0.1, 0.15) is 86.1 Å². The lowest BCUT2D eigenvalue weighted by atomic mass is 9.72. The lowest BCUT2D eigenvalue weighted by molar-refractivity contribution is -0.140. The summed E-state index contributed by atoms with van der Waals surface area (Å²) in [4.78, 5) is 42.4. The number of sulfone groups is 1. The number of fused-ring (bicyclic) bond motifs is 1. The molecule has 2 fully saturated rings. The molecule has 1 saturated heterocycles. The highest BCUT2D eigenvalue weighted by atomic mass is 32.2. The number of carbonyl (C=O) groups is 3. The van der Waals surface area contributed by atoms with Crippen LogP contribution in [0.25, 0.3) is 0 Å². The molecule has 11 nitrogen and oxygen atoms in total. The van der Waals surface area contributed by atoms with Crippen LogP contribution < -0.4 is 16.0 Å². The summed E-state index contributed by atoms with van der Waals surface area (Å²) < 4.78 is 23.9. The summed E-state index contributed by atoms with van der Waals surface area (Å²) in [6, 6.07) is 6.39. The Labute approximate surface area is 275 Å². The number of nitrogens with zero attached hydrogens (tertiary/aromatic N) is 1. The van der Waals surface area contributed by atoms with Crippen molar-refractivity contribution in [1.82, 2.24) is 20.9 Å². The van der Waals surface area contributed by atoms with Crippen molar-refractivity contribution in [2.75, 3.05) is 19.3 Å². The number of nitrogens with one attached hydrogen (secondary N) is 3. The molecule has 1 aliphatic carbocycles. The second-order valence-corrected chi connectivity index (χ2v) is 18.1. The third-order valence-electron chi connectivity index (χ3n) is 9.56. The molecule has 1 heterocycles. The molecule has 2 aliphatic rings. The molecule has 0 radical (unpaired) electrons. The molecular weight excluding hydrogens is 608 g/mol. The summed E-state index contributed by atoms with van der Waals surface area (Å²) in [5.41, 5.74) is -1.47. The Hall–Kier alpha value is -2.54. The monoisotopic (exact) mass is 664 g/mol. The second-order valence-electron chi connectivity index (χ2n) is 15.5. The van der Waals surface area contributed by atoms with Crippen LogP contribution in [0, 0.1) is 11.8 Å². The van der Waals surface area contributed by atoms with E-state index in [0.29, 0.717) is 24.8 Å². The van der Waals surface area contributed by atoms with E-state index in [2.05, 4.69) is 16.0 Å². The molecular formula is C34H56N4O7S. The van der Waals surface area contributed by atoms with E-state index < -0.39 is 61.8 Å². The third kappa shape index (κ3) is 9.98. The molecule has 260 valence electrons. The third-order valence-corrected chi connectivity index (χ3v) is 11.7. The van der Waals surface area contributed by atoms with E-state index in [1.54, 1.807) is 0 Å². The first-order valence-electron chi connectivity index (χ1n) is 16.4. The fourth-order valence-electron chi connectivity index (χ4n) is 6.49. The molecule has 46 heavy (non-hydrogen) atoms. The molecule has 3 amide bonds. The van der Waals surface area contributed by atoms with Gasteiger partial charge in [0.05, 0.1) is 22.9 Å². The van der Waals surface area contributed by atoms with E-state index in [9.17, 15) is 33.0 Å². The van der Waals surface area contributed by atoms with E-state index in [1.807, 2.05) is 56.0 Å². The molecule has 12 heteroatoms. The van der Waals surface area contributed by atoms with Crippen LogP contribution in [0.2, 0.25) is 0 Å². The van der Waals surface area contributed by atoms with Gasteiger partial charge in [0.1, 0.15) is 11.6 Å².